The van der Waals surface area contributed by atoms with Crippen LogP contribution in [0.5, 0.6) is 0 Å². The molecule has 4 nitrogen and oxygen atoms in total. The fourth-order valence-electron chi connectivity index (χ4n) is 4.61. The lowest BCUT2D eigenvalue weighted by Gasteiger charge is -2.22. The van der Waals surface area contributed by atoms with Crippen molar-refractivity contribution in [3.63, 3.8) is 0 Å². The largest absolute Gasteiger partial charge is 0.491 e. The maximum Gasteiger partial charge on any atom is 0.147 e. The number of rotatable bonds is 10. The molecule has 0 aromatic carbocycles. The predicted molar refractivity (Wildman–Crippen MR) is 125 cm³/mol. The predicted octanol–water partition coefficient (Wildman–Crippen LogP) is 6.89. The number of fused-ring (bicyclic) bond motifs is 1. The van der Waals surface area contributed by atoms with Gasteiger partial charge in [-0.25, -0.2) is 4.99 Å². The molecule has 1 unspecified atom stereocenters. The number of aromatic nitrogens is 2. The van der Waals surface area contributed by atoms with Crippen LogP contribution < -0.4 is 0 Å². The molecular formula is C26H35N3O. The molecule has 2 N–H and O–H groups in total. The Labute approximate surface area is 180 Å². The Balaban J connectivity index is 1.55. The number of ether oxygens (including phenoxy) is 1. The first-order valence-electron chi connectivity index (χ1n) is 11.8. The smallest absolute Gasteiger partial charge is 0.147 e. The van der Waals surface area contributed by atoms with Crippen LogP contribution in [0, 0.1) is 0 Å². The molecule has 0 saturated carbocycles. The molecule has 1 aliphatic heterocycles. The van der Waals surface area contributed by atoms with Crippen LogP contribution >= 0.6 is 0 Å². The van der Waals surface area contributed by atoms with E-state index in [1.807, 2.05) is 24.4 Å². The molecule has 2 aromatic rings. The maximum absolute atomic E-state index is 6.01. The number of allylic oxidation sites excluding steroid dienone is 1. The Kier molecular flexibility index (Phi) is 6.93. The number of nitrogens with zero attached hydrogens (tertiary/aromatic N) is 1. The van der Waals surface area contributed by atoms with Gasteiger partial charge in [-0.15, -0.1) is 0 Å². The number of H-pyrrole nitrogens is 2. The van der Waals surface area contributed by atoms with Crippen molar-refractivity contribution in [2.45, 2.75) is 77.6 Å². The standard InChI is InChI=1S/C26H35N3O/c1-3-5-6-7-10-19-11-8-12-22-21(19)16-20(28-22)17-25-26(30-15-4-2)18-24(29-25)23-13-9-14-27-23/h9,13-14,16-19,27-28H,3-8,10-12,15H2,1-2H3. The number of hydrogen-bond acceptors (Lipinski definition) is 2. The van der Waals surface area contributed by atoms with Gasteiger partial charge in [-0.3, -0.25) is 0 Å². The quantitative estimate of drug-likeness (QED) is 0.416. The highest BCUT2D eigenvalue weighted by atomic mass is 16.5. The van der Waals surface area contributed by atoms with E-state index in [0.29, 0.717) is 12.5 Å². The van der Waals surface area contributed by atoms with Gasteiger partial charge in [-0.1, -0.05) is 39.5 Å². The number of unbranched alkanes of at least 4 members (excludes halogenated alkanes) is 3. The third-order valence-electron chi connectivity index (χ3n) is 6.17. The highest BCUT2D eigenvalue weighted by Crippen LogP contribution is 2.36. The van der Waals surface area contributed by atoms with Crippen molar-refractivity contribution >= 4 is 11.8 Å². The van der Waals surface area contributed by atoms with E-state index in [9.17, 15) is 0 Å². The molecule has 0 amide bonds. The zero-order valence-electron chi connectivity index (χ0n) is 18.5. The Bertz CT molecular complexity index is 914. The molecule has 4 rings (SSSR count). The third kappa shape index (κ3) is 4.80. The first kappa shape index (κ1) is 20.8. The van der Waals surface area contributed by atoms with Crippen molar-refractivity contribution < 1.29 is 4.74 Å². The number of hydrogen-bond donors (Lipinski definition) is 2. The van der Waals surface area contributed by atoms with Crippen LogP contribution in [0.1, 0.15) is 93.8 Å². The third-order valence-corrected chi connectivity index (χ3v) is 6.17. The minimum absolute atomic E-state index is 0.706. The van der Waals surface area contributed by atoms with Crippen LogP contribution in [-0.2, 0) is 11.2 Å². The van der Waals surface area contributed by atoms with Gasteiger partial charge in [-0.2, -0.15) is 0 Å². The Hall–Kier alpha value is -2.49. The molecule has 30 heavy (non-hydrogen) atoms. The first-order valence-corrected chi connectivity index (χ1v) is 11.8. The molecule has 0 saturated heterocycles. The van der Waals surface area contributed by atoms with Crippen molar-refractivity contribution in [1.29, 1.82) is 0 Å². The topological polar surface area (TPSA) is 53.2 Å². The van der Waals surface area contributed by atoms with Gasteiger partial charge in [-0.05, 0) is 67.9 Å². The highest BCUT2D eigenvalue weighted by molar-refractivity contribution is 6.11. The fraction of sp³-hybridized carbons (Fsp3) is 0.500. The number of aliphatic imine (C=N–C) groups is 1. The number of aromatic amines is 2. The molecule has 0 bridgehead atoms. The normalized spacial score (nSPS) is 19.7. The van der Waals surface area contributed by atoms with Gasteiger partial charge in [0.2, 0.25) is 0 Å². The summed E-state index contributed by atoms with van der Waals surface area (Å²) >= 11 is 0. The molecular weight excluding hydrogens is 370 g/mol. The molecule has 4 heteroatoms. The summed E-state index contributed by atoms with van der Waals surface area (Å²) in [6.45, 7) is 5.12. The monoisotopic (exact) mass is 405 g/mol. The number of aryl methyl sites for hydroxylation is 1. The van der Waals surface area contributed by atoms with Crippen LogP contribution in [0.2, 0.25) is 0 Å². The summed E-state index contributed by atoms with van der Waals surface area (Å²) in [5.74, 6) is 1.58. The first-order chi connectivity index (χ1) is 14.8. The summed E-state index contributed by atoms with van der Waals surface area (Å²) in [6.07, 6.45) is 17.6. The van der Waals surface area contributed by atoms with Gasteiger partial charge >= 0.3 is 0 Å². The zero-order chi connectivity index (χ0) is 20.8. The van der Waals surface area contributed by atoms with E-state index in [0.717, 1.165) is 41.4 Å². The van der Waals surface area contributed by atoms with Gasteiger partial charge in [0.05, 0.1) is 18.0 Å². The minimum Gasteiger partial charge on any atom is -0.491 e. The zero-order valence-corrected chi connectivity index (χ0v) is 18.5. The average Bonchev–Trinajstić information content (AvgIpc) is 3.49. The fourth-order valence-corrected chi connectivity index (χ4v) is 4.61. The van der Waals surface area contributed by atoms with Crippen molar-refractivity contribution in [2.24, 2.45) is 4.99 Å². The summed E-state index contributed by atoms with van der Waals surface area (Å²) in [7, 11) is 0. The molecule has 2 aromatic heterocycles. The number of nitrogens with one attached hydrogen (secondary N) is 2. The van der Waals surface area contributed by atoms with Crippen molar-refractivity contribution in [3.8, 4) is 0 Å². The Morgan fingerprint density at radius 1 is 1.20 bits per heavy atom. The van der Waals surface area contributed by atoms with Crippen LogP contribution in [0.3, 0.4) is 0 Å². The summed E-state index contributed by atoms with van der Waals surface area (Å²) in [4.78, 5) is 11.8. The molecule has 1 aliphatic carbocycles. The Morgan fingerprint density at radius 3 is 2.93 bits per heavy atom. The minimum atomic E-state index is 0.706. The molecule has 1 atom stereocenters. The molecule has 160 valence electrons. The summed E-state index contributed by atoms with van der Waals surface area (Å²) in [5, 5.41) is 0. The molecule has 0 spiro atoms. The van der Waals surface area contributed by atoms with E-state index in [-0.39, 0.29) is 0 Å². The Morgan fingerprint density at radius 2 is 2.13 bits per heavy atom. The molecule has 2 aliphatic rings. The second kappa shape index (κ2) is 10.0. The highest BCUT2D eigenvalue weighted by Gasteiger charge is 2.23. The van der Waals surface area contributed by atoms with Crippen molar-refractivity contribution in [2.75, 3.05) is 6.61 Å². The lowest BCUT2D eigenvalue weighted by molar-refractivity contribution is 0.222. The van der Waals surface area contributed by atoms with E-state index >= 15 is 0 Å². The van der Waals surface area contributed by atoms with Crippen LogP contribution in [0.25, 0.3) is 6.08 Å². The van der Waals surface area contributed by atoms with Gasteiger partial charge in [0.15, 0.2) is 0 Å². The second-order valence-corrected chi connectivity index (χ2v) is 8.56. The van der Waals surface area contributed by atoms with E-state index in [4.69, 9.17) is 9.73 Å². The van der Waals surface area contributed by atoms with Gasteiger partial charge < -0.3 is 14.7 Å². The lowest BCUT2D eigenvalue weighted by Crippen LogP contribution is -2.08. The summed E-state index contributed by atoms with van der Waals surface area (Å²) < 4.78 is 6.01. The van der Waals surface area contributed by atoms with Gasteiger partial charge in [0.25, 0.3) is 0 Å². The average molecular weight is 406 g/mol. The molecule has 0 radical (unpaired) electrons. The van der Waals surface area contributed by atoms with Crippen LogP contribution in [0.4, 0.5) is 0 Å². The lowest BCUT2D eigenvalue weighted by atomic mass is 9.83. The van der Waals surface area contributed by atoms with E-state index in [1.54, 1.807) is 0 Å². The van der Waals surface area contributed by atoms with Crippen LogP contribution in [0.15, 0.2) is 46.9 Å². The molecule has 3 heterocycles. The summed E-state index contributed by atoms with van der Waals surface area (Å²) in [6, 6.07) is 6.41. The molecule has 0 fully saturated rings. The van der Waals surface area contributed by atoms with E-state index in [2.05, 4.69) is 36.0 Å². The van der Waals surface area contributed by atoms with Crippen molar-refractivity contribution in [1.82, 2.24) is 9.97 Å². The van der Waals surface area contributed by atoms with E-state index < -0.39 is 0 Å². The van der Waals surface area contributed by atoms with Crippen LogP contribution in [-0.4, -0.2) is 22.3 Å². The van der Waals surface area contributed by atoms with E-state index in [1.165, 1.54) is 56.2 Å². The summed E-state index contributed by atoms with van der Waals surface area (Å²) in [5.41, 5.74) is 6.98. The SMILES string of the molecule is CCCCCCC1CCCc2[nH]c(C=C3N=C(c4ccc[nH]4)C=C3OCCC)cc21. The maximum atomic E-state index is 6.01. The van der Waals surface area contributed by atoms with Gasteiger partial charge in [0, 0.05) is 23.7 Å². The van der Waals surface area contributed by atoms with Crippen molar-refractivity contribution in [3.05, 3.63) is 64.6 Å². The second-order valence-electron chi connectivity index (χ2n) is 8.56. The van der Waals surface area contributed by atoms with Gasteiger partial charge in [0.1, 0.15) is 11.5 Å².